The highest BCUT2D eigenvalue weighted by Crippen LogP contribution is 2.37. The Balaban J connectivity index is 1.53. The van der Waals surface area contributed by atoms with Crippen molar-refractivity contribution in [1.29, 1.82) is 0 Å². The molecule has 156 valence electrons. The summed E-state index contributed by atoms with van der Waals surface area (Å²) in [4.78, 5) is 4.79. The molecular formula is C30H26N2. The summed E-state index contributed by atoms with van der Waals surface area (Å²) < 4.78 is 0. The third kappa shape index (κ3) is 4.21. The van der Waals surface area contributed by atoms with Crippen molar-refractivity contribution in [3.63, 3.8) is 0 Å². The summed E-state index contributed by atoms with van der Waals surface area (Å²) in [5.41, 5.74) is 6.00. The molecule has 0 heterocycles. The molecule has 4 aromatic rings. The normalized spacial score (nSPS) is 15.1. The van der Waals surface area contributed by atoms with Crippen molar-refractivity contribution in [2.45, 2.75) is 12.5 Å². The third-order valence-electron chi connectivity index (χ3n) is 5.76. The molecule has 0 saturated heterocycles. The van der Waals surface area contributed by atoms with Gasteiger partial charge in [-0.3, -0.25) is 0 Å². The van der Waals surface area contributed by atoms with Crippen LogP contribution in [0.2, 0.25) is 0 Å². The van der Waals surface area contributed by atoms with Crippen molar-refractivity contribution in [3.05, 3.63) is 145 Å². The van der Waals surface area contributed by atoms with E-state index >= 15 is 0 Å². The second-order valence-electron chi connectivity index (χ2n) is 7.86. The zero-order chi connectivity index (χ0) is 21.6. The monoisotopic (exact) mass is 414 g/mol. The first kappa shape index (κ1) is 19.9. The predicted molar refractivity (Wildman–Crippen MR) is 136 cm³/mol. The molecule has 0 spiro atoms. The summed E-state index contributed by atoms with van der Waals surface area (Å²) in [6.45, 7) is 0. The summed E-state index contributed by atoms with van der Waals surface area (Å²) in [6.07, 6.45) is 7.63. The Labute approximate surface area is 190 Å². The van der Waals surface area contributed by atoms with Gasteiger partial charge in [-0.05, 0) is 54.6 Å². The molecule has 1 unspecified atom stereocenters. The largest absolute Gasteiger partial charge is 0.334 e. The average molecular weight is 415 g/mol. The van der Waals surface area contributed by atoms with Crippen LogP contribution in [0.3, 0.4) is 0 Å². The molecule has 5 rings (SSSR count). The molecule has 0 radical (unpaired) electrons. The van der Waals surface area contributed by atoms with Gasteiger partial charge >= 0.3 is 0 Å². The first-order valence-corrected chi connectivity index (χ1v) is 11.1. The highest BCUT2D eigenvalue weighted by atomic mass is 15.2. The van der Waals surface area contributed by atoms with Gasteiger partial charge in [-0.1, -0.05) is 84.9 Å². The quantitative estimate of drug-likeness (QED) is 0.317. The van der Waals surface area contributed by atoms with Gasteiger partial charge in [-0.2, -0.15) is 0 Å². The minimum atomic E-state index is 0.203. The van der Waals surface area contributed by atoms with Gasteiger partial charge in [0.05, 0.1) is 6.04 Å². The van der Waals surface area contributed by atoms with Gasteiger partial charge in [0.2, 0.25) is 0 Å². The Morgan fingerprint density at radius 1 is 0.500 bits per heavy atom. The SMILES string of the molecule is C1=CC(N(c2ccccc2)c2ccccc2)CC(N(c2ccccc2)c2ccccc2)=C1. The molecule has 1 atom stereocenters. The van der Waals surface area contributed by atoms with Gasteiger partial charge in [0.15, 0.2) is 0 Å². The molecule has 0 aliphatic heterocycles. The van der Waals surface area contributed by atoms with Crippen molar-refractivity contribution in [2.24, 2.45) is 0 Å². The number of para-hydroxylation sites is 4. The molecule has 0 fully saturated rings. The highest BCUT2D eigenvalue weighted by Gasteiger charge is 2.25. The van der Waals surface area contributed by atoms with Crippen LogP contribution < -0.4 is 9.80 Å². The molecular weight excluding hydrogens is 388 g/mol. The number of benzene rings is 4. The van der Waals surface area contributed by atoms with Gasteiger partial charge in [0.1, 0.15) is 0 Å². The van der Waals surface area contributed by atoms with Crippen molar-refractivity contribution < 1.29 is 0 Å². The van der Waals surface area contributed by atoms with Gasteiger partial charge in [0.25, 0.3) is 0 Å². The Kier molecular flexibility index (Phi) is 5.85. The van der Waals surface area contributed by atoms with Crippen LogP contribution in [0.4, 0.5) is 22.7 Å². The predicted octanol–water partition coefficient (Wildman–Crippen LogP) is 7.88. The van der Waals surface area contributed by atoms with Crippen LogP contribution in [0.5, 0.6) is 0 Å². The van der Waals surface area contributed by atoms with E-state index in [0.717, 1.165) is 6.42 Å². The van der Waals surface area contributed by atoms with E-state index < -0.39 is 0 Å². The summed E-state index contributed by atoms with van der Waals surface area (Å²) in [5, 5.41) is 0. The molecule has 1 aliphatic carbocycles. The average Bonchev–Trinajstić information content (AvgIpc) is 2.87. The van der Waals surface area contributed by atoms with Crippen LogP contribution >= 0.6 is 0 Å². The molecule has 0 bridgehead atoms. The van der Waals surface area contributed by atoms with Crippen LogP contribution in [-0.2, 0) is 0 Å². The number of allylic oxidation sites excluding steroid dienone is 2. The maximum Gasteiger partial charge on any atom is 0.0580 e. The van der Waals surface area contributed by atoms with E-state index in [4.69, 9.17) is 0 Å². The Hall–Kier alpha value is -4.04. The zero-order valence-electron chi connectivity index (χ0n) is 18.0. The number of anilines is 4. The van der Waals surface area contributed by atoms with E-state index in [2.05, 4.69) is 149 Å². The molecule has 0 saturated carbocycles. The molecule has 32 heavy (non-hydrogen) atoms. The van der Waals surface area contributed by atoms with Crippen molar-refractivity contribution >= 4 is 22.7 Å². The van der Waals surface area contributed by atoms with Crippen molar-refractivity contribution in [3.8, 4) is 0 Å². The summed E-state index contributed by atoms with van der Waals surface area (Å²) in [5.74, 6) is 0. The van der Waals surface area contributed by atoms with E-state index in [9.17, 15) is 0 Å². The second kappa shape index (κ2) is 9.40. The topological polar surface area (TPSA) is 6.48 Å². The third-order valence-corrected chi connectivity index (χ3v) is 5.76. The zero-order valence-corrected chi connectivity index (χ0v) is 18.0. The van der Waals surface area contributed by atoms with E-state index in [0.29, 0.717) is 0 Å². The first-order valence-electron chi connectivity index (χ1n) is 11.1. The lowest BCUT2D eigenvalue weighted by atomic mass is 10.00. The molecule has 1 aliphatic rings. The number of rotatable bonds is 6. The van der Waals surface area contributed by atoms with Crippen LogP contribution in [0.25, 0.3) is 0 Å². The molecule has 4 aromatic carbocycles. The van der Waals surface area contributed by atoms with Crippen molar-refractivity contribution in [2.75, 3.05) is 9.80 Å². The fourth-order valence-electron chi connectivity index (χ4n) is 4.33. The Morgan fingerprint density at radius 3 is 1.34 bits per heavy atom. The molecule has 2 heteroatoms. The number of nitrogens with zero attached hydrogens (tertiary/aromatic N) is 2. The van der Waals surface area contributed by atoms with Crippen LogP contribution in [0.1, 0.15) is 6.42 Å². The van der Waals surface area contributed by atoms with Crippen LogP contribution in [0.15, 0.2) is 145 Å². The van der Waals surface area contributed by atoms with Crippen LogP contribution in [-0.4, -0.2) is 6.04 Å². The van der Waals surface area contributed by atoms with E-state index in [1.54, 1.807) is 0 Å². The maximum atomic E-state index is 2.43. The first-order chi connectivity index (χ1) is 15.9. The fourth-order valence-corrected chi connectivity index (χ4v) is 4.33. The maximum absolute atomic E-state index is 2.43. The van der Waals surface area contributed by atoms with Crippen LogP contribution in [0, 0.1) is 0 Å². The van der Waals surface area contributed by atoms with Gasteiger partial charge in [-0.25, -0.2) is 0 Å². The van der Waals surface area contributed by atoms with Gasteiger partial charge < -0.3 is 9.80 Å². The lowest BCUT2D eigenvalue weighted by molar-refractivity contribution is 0.745. The Bertz CT molecular complexity index is 1100. The number of hydrogen-bond donors (Lipinski definition) is 0. The molecule has 0 aromatic heterocycles. The lowest BCUT2D eigenvalue weighted by Gasteiger charge is -2.37. The highest BCUT2D eigenvalue weighted by molar-refractivity contribution is 5.70. The number of hydrogen-bond acceptors (Lipinski definition) is 2. The van der Waals surface area contributed by atoms with Gasteiger partial charge in [-0.15, -0.1) is 0 Å². The van der Waals surface area contributed by atoms with E-state index in [1.165, 1.54) is 28.4 Å². The smallest absolute Gasteiger partial charge is 0.0580 e. The van der Waals surface area contributed by atoms with E-state index in [-0.39, 0.29) is 6.04 Å². The standard InChI is InChI=1S/C30H26N2/c1-5-14-25(15-6-1)31(26-16-7-2-8-17-26)29-22-13-23-30(24-29)32(27-18-9-3-10-19-27)28-20-11-4-12-21-28/h1-23,29H,24H2. The minimum absolute atomic E-state index is 0.203. The minimum Gasteiger partial charge on any atom is -0.334 e. The Morgan fingerprint density at radius 2 is 0.906 bits per heavy atom. The van der Waals surface area contributed by atoms with Gasteiger partial charge in [0, 0.05) is 34.9 Å². The fraction of sp³-hybridized carbons (Fsp3) is 0.0667. The lowest BCUT2D eigenvalue weighted by Crippen LogP contribution is -2.33. The van der Waals surface area contributed by atoms with E-state index in [1.807, 2.05) is 0 Å². The molecule has 2 nitrogen and oxygen atoms in total. The second-order valence-corrected chi connectivity index (χ2v) is 7.86. The van der Waals surface area contributed by atoms with Crippen molar-refractivity contribution in [1.82, 2.24) is 0 Å². The summed E-state index contributed by atoms with van der Waals surface area (Å²) >= 11 is 0. The summed E-state index contributed by atoms with van der Waals surface area (Å²) in [7, 11) is 0. The molecule has 0 N–H and O–H groups in total. The summed E-state index contributed by atoms with van der Waals surface area (Å²) in [6, 6.07) is 42.7. The molecule has 0 amide bonds.